The molecule has 132 valence electrons. The number of likely N-dealkylation sites (N-methyl/N-ethyl adjacent to an activating group) is 1. The number of nitrogens with zero attached hydrogens (tertiary/aromatic N) is 3. The van der Waals surface area contributed by atoms with Crippen molar-refractivity contribution >= 4 is 11.6 Å². The van der Waals surface area contributed by atoms with Gasteiger partial charge >= 0.3 is 0 Å². The van der Waals surface area contributed by atoms with Gasteiger partial charge in [-0.25, -0.2) is 0 Å². The summed E-state index contributed by atoms with van der Waals surface area (Å²) in [5, 5.41) is 0. The van der Waals surface area contributed by atoms with E-state index in [1.165, 1.54) is 5.56 Å². The van der Waals surface area contributed by atoms with Crippen molar-refractivity contribution in [3.05, 3.63) is 29.8 Å². The van der Waals surface area contributed by atoms with E-state index in [-0.39, 0.29) is 0 Å². The van der Waals surface area contributed by atoms with E-state index in [1.807, 2.05) is 12.1 Å². The number of rotatable bonds is 4. The van der Waals surface area contributed by atoms with E-state index >= 15 is 0 Å². The van der Waals surface area contributed by atoms with Crippen LogP contribution in [-0.4, -0.2) is 66.9 Å². The van der Waals surface area contributed by atoms with Crippen LogP contribution in [0, 0.1) is 5.92 Å². The first-order valence-electron chi connectivity index (χ1n) is 9.13. The van der Waals surface area contributed by atoms with E-state index in [1.54, 1.807) is 0 Å². The number of piperazine rings is 1. The Bertz CT molecular complexity index is 546. The fourth-order valence-corrected chi connectivity index (χ4v) is 3.73. The second kappa shape index (κ2) is 7.99. The third-order valence-corrected chi connectivity index (χ3v) is 5.38. The predicted molar refractivity (Wildman–Crippen MR) is 97.5 cm³/mol. The standard InChI is InChI=1S/C19H30N4O/c1-21-9-11-23(12-10-21)19(24)14-16-5-7-22(8-6-16)15-17-3-2-4-18(20)13-17/h2-4,13,16H,5-12,14-15,20H2,1H3. The Balaban J connectivity index is 1.41. The van der Waals surface area contributed by atoms with Crippen LogP contribution in [0.1, 0.15) is 24.8 Å². The summed E-state index contributed by atoms with van der Waals surface area (Å²) >= 11 is 0. The lowest BCUT2D eigenvalue weighted by Crippen LogP contribution is -2.47. The Labute approximate surface area is 145 Å². The molecule has 0 radical (unpaired) electrons. The fraction of sp³-hybridized carbons (Fsp3) is 0.632. The van der Waals surface area contributed by atoms with Gasteiger partial charge in [-0.3, -0.25) is 9.69 Å². The number of likely N-dealkylation sites (tertiary alicyclic amines) is 1. The first-order chi connectivity index (χ1) is 11.6. The van der Waals surface area contributed by atoms with Crippen molar-refractivity contribution in [2.24, 2.45) is 5.92 Å². The SMILES string of the molecule is CN1CCN(C(=O)CC2CCN(Cc3cccc(N)c3)CC2)CC1. The first-order valence-corrected chi connectivity index (χ1v) is 9.13. The molecule has 1 aromatic carbocycles. The van der Waals surface area contributed by atoms with Crippen molar-refractivity contribution in [1.82, 2.24) is 14.7 Å². The summed E-state index contributed by atoms with van der Waals surface area (Å²) in [6.07, 6.45) is 2.99. The van der Waals surface area contributed by atoms with Gasteiger partial charge in [0.05, 0.1) is 0 Å². The molecule has 0 unspecified atom stereocenters. The Hall–Kier alpha value is -1.59. The van der Waals surface area contributed by atoms with Crippen LogP contribution >= 0.6 is 0 Å². The highest BCUT2D eigenvalue weighted by molar-refractivity contribution is 5.76. The largest absolute Gasteiger partial charge is 0.399 e. The summed E-state index contributed by atoms with van der Waals surface area (Å²) in [6, 6.07) is 8.15. The lowest BCUT2D eigenvalue weighted by atomic mass is 9.92. The lowest BCUT2D eigenvalue weighted by Gasteiger charge is -2.35. The number of anilines is 1. The van der Waals surface area contributed by atoms with Crippen LogP contribution < -0.4 is 5.73 Å². The van der Waals surface area contributed by atoms with E-state index in [0.29, 0.717) is 11.8 Å². The highest BCUT2D eigenvalue weighted by Crippen LogP contribution is 2.23. The molecule has 0 spiro atoms. The summed E-state index contributed by atoms with van der Waals surface area (Å²) in [4.78, 5) is 19.3. The van der Waals surface area contributed by atoms with Crippen molar-refractivity contribution < 1.29 is 4.79 Å². The minimum absolute atomic E-state index is 0.359. The third kappa shape index (κ3) is 4.71. The molecule has 5 nitrogen and oxygen atoms in total. The van der Waals surface area contributed by atoms with Gasteiger partial charge in [0.25, 0.3) is 0 Å². The van der Waals surface area contributed by atoms with Gasteiger partial charge in [-0.15, -0.1) is 0 Å². The molecule has 2 N–H and O–H groups in total. The van der Waals surface area contributed by atoms with Crippen molar-refractivity contribution in [1.29, 1.82) is 0 Å². The minimum Gasteiger partial charge on any atom is -0.399 e. The Morgan fingerprint density at radius 1 is 1.12 bits per heavy atom. The highest BCUT2D eigenvalue weighted by Gasteiger charge is 2.25. The summed E-state index contributed by atoms with van der Waals surface area (Å²) in [6.45, 7) is 6.91. The van der Waals surface area contributed by atoms with Crippen molar-refractivity contribution in [2.45, 2.75) is 25.8 Å². The van der Waals surface area contributed by atoms with E-state index in [9.17, 15) is 4.79 Å². The molecule has 0 bridgehead atoms. The molecule has 0 aliphatic carbocycles. The normalized spacial score (nSPS) is 21.1. The third-order valence-electron chi connectivity index (χ3n) is 5.38. The molecule has 1 aromatic rings. The number of carbonyl (C=O) groups excluding carboxylic acids is 1. The van der Waals surface area contributed by atoms with Crippen molar-refractivity contribution in [3.8, 4) is 0 Å². The Morgan fingerprint density at radius 2 is 1.83 bits per heavy atom. The number of hydrogen-bond donors (Lipinski definition) is 1. The fourth-order valence-electron chi connectivity index (χ4n) is 3.73. The summed E-state index contributed by atoms with van der Waals surface area (Å²) in [5.74, 6) is 0.909. The van der Waals surface area contributed by atoms with Gasteiger partial charge in [0.1, 0.15) is 0 Å². The van der Waals surface area contributed by atoms with Gasteiger partial charge < -0.3 is 15.5 Å². The zero-order chi connectivity index (χ0) is 16.9. The van der Waals surface area contributed by atoms with Gasteiger partial charge in [0.2, 0.25) is 5.91 Å². The molecular formula is C19H30N4O. The van der Waals surface area contributed by atoms with Crippen LogP contribution in [-0.2, 0) is 11.3 Å². The lowest BCUT2D eigenvalue weighted by molar-refractivity contribution is -0.134. The molecule has 3 rings (SSSR count). The number of piperidine rings is 1. The molecule has 5 heteroatoms. The molecule has 2 aliphatic rings. The van der Waals surface area contributed by atoms with Crippen LogP contribution in [0.15, 0.2) is 24.3 Å². The van der Waals surface area contributed by atoms with Gasteiger partial charge in [0.15, 0.2) is 0 Å². The molecule has 0 atom stereocenters. The summed E-state index contributed by atoms with van der Waals surface area (Å²) in [7, 11) is 2.12. The molecule has 1 amide bonds. The monoisotopic (exact) mass is 330 g/mol. The zero-order valence-electron chi connectivity index (χ0n) is 14.8. The van der Waals surface area contributed by atoms with Crippen LogP contribution in [0.25, 0.3) is 0 Å². The number of hydrogen-bond acceptors (Lipinski definition) is 4. The van der Waals surface area contributed by atoms with Gasteiger partial charge in [-0.2, -0.15) is 0 Å². The molecule has 2 fully saturated rings. The van der Waals surface area contributed by atoms with E-state index in [2.05, 4.69) is 33.9 Å². The van der Waals surface area contributed by atoms with Crippen LogP contribution in [0.5, 0.6) is 0 Å². The molecule has 0 saturated carbocycles. The van der Waals surface area contributed by atoms with Gasteiger partial charge in [-0.05, 0) is 56.6 Å². The topological polar surface area (TPSA) is 52.8 Å². The number of benzene rings is 1. The molecule has 2 aliphatic heterocycles. The molecule has 0 aromatic heterocycles. The van der Waals surface area contributed by atoms with E-state index in [4.69, 9.17) is 5.73 Å². The first kappa shape index (κ1) is 17.2. The van der Waals surface area contributed by atoms with Gasteiger partial charge in [-0.1, -0.05) is 12.1 Å². The maximum Gasteiger partial charge on any atom is 0.222 e. The van der Waals surface area contributed by atoms with Crippen LogP contribution in [0.2, 0.25) is 0 Å². The predicted octanol–water partition coefficient (Wildman–Crippen LogP) is 1.64. The second-order valence-electron chi connectivity index (χ2n) is 7.35. The van der Waals surface area contributed by atoms with Crippen LogP contribution in [0.4, 0.5) is 5.69 Å². The highest BCUT2D eigenvalue weighted by atomic mass is 16.2. The maximum absolute atomic E-state index is 12.5. The number of amides is 1. The summed E-state index contributed by atoms with van der Waals surface area (Å²) < 4.78 is 0. The Morgan fingerprint density at radius 3 is 2.50 bits per heavy atom. The van der Waals surface area contributed by atoms with E-state index < -0.39 is 0 Å². The van der Waals surface area contributed by atoms with Crippen molar-refractivity contribution in [3.63, 3.8) is 0 Å². The van der Waals surface area contributed by atoms with E-state index in [0.717, 1.165) is 70.8 Å². The number of carbonyl (C=O) groups is 1. The van der Waals surface area contributed by atoms with Crippen LogP contribution in [0.3, 0.4) is 0 Å². The average Bonchev–Trinajstić information content (AvgIpc) is 2.57. The number of nitrogen functional groups attached to an aromatic ring is 1. The quantitative estimate of drug-likeness (QED) is 0.853. The maximum atomic E-state index is 12.5. The second-order valence-corrected chi connectivity index (χ2v) is 7.35. The smallest absolute Gasteiger partial charge is 0.222 e. The molecule has 2 saturated heterocycles. The zero-order valence-corrected chi connectivity index (χ0v) is 14.8. The molecular weight excluding hydrogens is 300 g/mol. The minimum atomic E-state index is 0.359. The van der Waals surface area contributed by atoms with Crippen molar-refractivity contribution in [2.75, 3.05) is 52.0 Å². The Kier molecular flexibility index (Phi) is 5.74. The summed E-state index contributed by atoms with van der Waals surface area (Å²) in [5.41, 5.74) is 7.97. The molecule has 24 heavy (non-hydrogen) atoms. The number of nitrogens with two attached hydrogens (primary N) is 1. The molecule has 2 heterocycles. The average molecular weight is 330 g/mol. The van der Waals surface area contributed by atoms with Gasteiger partial charge in [0, 0.05) is 44.8 Å².